The molecular weight excluding hydrogens is 160 g/mol. The van der Waals surface area contributed by atoms with Crippen LogP contribution in [0.2, 0.25) is 0 Å². The molecule has 12 heavy (non-hydrogen) atoms. The Balaban J connectivity index is 2.08. The summed E-state index contributed by atoms with van der Waals surface area (Å²) in [5, 5.41) is 2.73. The van der Waals surface area contributed by atoms with Crippen molar-refractivity contribution in [3.8, 4) is 0 Å². The minimum atomic E-state index is -0.405. The topological polar surface area (TPSA) is 58.6 Å². The van der Waals surface area contributed by atoms with Crippen LogP contribution in [-0.2, 0) is 9.53 Å². The molecule has 0 radical (unpaired) electrons. The van der Waals surface area contributed by atoms with E-state index in [4.69, 9.17) is 0 Å². The van der Waals surface area contributed by atoms with Crippen molar-refractivity contribution in [1.82, 2.24) is 10.2 Å². The highest BCUT2D eigenvalue weighted by molar-refractivity contribution is 5.93. The quantitative estimate of drug-likeness (QED) is 0.490. The normalized spacial score (nSPS) is 32.1. The molecule has 2 fully saturated rings. The van der Waals surface area contributed by atoms with Crippen molar-refractivity contribution >= 4 is 12.0 Å². The van der Waals surface area contributed by atoms with E-state index in [1.54, 1.807) is 0 Å². The molecule has 0 spiro atoms. The molecule has 0 aliphatic carbocycles. The Bertz CT molecular complexity index is 241. The Morgan fingerprint density at radius 2 is 2.50 bits per heavy atom. The third-order valence-corrected chi connectivity index (χ3v) is 2.40. The van der Waals surface area contributed by atoms with Crippen LogP contribution in [0, 0.1) is 0 Å². The third-order valence-electron chi connectivity index (χ3n) is 2.40. The summed E-state index contributed by atoms with van der Waals surface area (Å²) in [5.41, 5.74) is 0. The number of amides is 2. The number of likely N-dealkylation sites (tertiary alicyclic amines) is 1. The smallest absolute Gasteiger partial charge is 0.410 e. The van der Waals surface area contributed by atoms with Gasteiger partial charge < -0.3 is 10.1 Å². The molecule has 2 heterocycles. The molecular formula is C7H10N2O3. The highest BCUT2D eigenvalue weighted by Crippen LogP contribution is 2.25. The monoisotopic (exact) mass is 170 g/mol. The average Bonchev–Trinajstić information content (AvgIpc) is 2.40. The van der Waals surface area contributed by atoms with Gasteiger partial charge in [-0.1, -0.05) is 0 Å². The highest BCUT2D eigenvalue weighted by Gasteiger charge is 2.50. The van der Waals surface area contributed by atoms with Crippen LogP contribution >= 0.6 is 0 Å². The number of nitrogens with one attached hydrogen (secondary N) is 1. The second kappa shape index (κ2) is 2.36. The molecule has 66 valence electrons. The summed E-state index contributed by atoms with van der Waals surface area (Å²) in [6, 6.07) is -0.103. The van der Waals surface area contributed by atoms with Crippen molar-refractivity contribution in [2.45, 2.75) is 18.5 Å². The summed E-state index contributed by atoms with van der Waals surface area (Å²) >= 11 is 0. The lowest BCUT2D eigenvalue weighted by Gasteiger charge is -2.34. The lowest BCUT2D eigenvalue weighted by molar-refractivity contribution is -0.133. The highest BCUT2D eigenvalue weighted by atomic mass is 16.5. The predicted octanol–water partition coefficient (Wildman–Crippen LogP) is -0.675. The Morgan fingerprint density at radius 1 is 1.75 bits per heavy atom. The summed E-state index contributed by atoms with van der Waals surface area (Å²) in [7, 11) is 1.33. The molecule has 2 atom stereocenters. The van der Waals surface area contributed by atoms with Crippen LogP contribution in [0.3, 0.4) is 0 Å². The summed E-state index contributed by atoms with van der Waals surface area (Å²) in [6.45, 7) is 0.612. The number of carbonyl (C=O) groups excluding carboxylic acids is 2. The SMILES string of the molecule is COC(=O)N1CCC2NC(=O)C21. The standard InChI is InChI=1S/C7H10N2O3/c1-12-7(11)9-3-2-4-5(9)6(10)8-4/h4-5H,2-3H2,1H3,(H,8,10). The number of ether oxygens (including phenoxy) is 1. The van der Waals surface area contributed by atoms with Gasteiger partial charge in [0.1, 0.15) is 6.04 Å². The maximum Gasteiger partial charge on any atom is 0.410 e. The van der Waals surface area contributed by atoms with Gasteiger partial charge in [0.15, 0.2) is 0 Å². The molecule has 0 aromatic carbocycles. The number of hydrogen-bond acceptors (Lipinski definition) is 3. The summed E-state index contributed by atoms with van der Waals surface area (Å²) < 4.78 is 4.54. The van der Waals surface area contributed by atoms with Gasteiger partial charge in [0.25, 0.3) is 0 Å². The molecule has 0 aromatic heterocycles. The molecule has 0 bridgehead atoms. The maximum atomic E-state index is 11.1. The van der Waals surface area contributed by atoms with E-state index in [1.807, 2.05) is 0 Å². The van der Waals surface area contributed by atoms with Crippen LogP contribution < -0.4 is 5.32 Å². The lowest BCUT2D eigenvalue weighted by atomic mass is 10.0. The predicted molar refractivity (Wildman–Crippen MR) is 39.4 cm³/mol. The first kappa shape index (κ1) is 7.39. The Labute approximate surface area is 69.7 Å². The van der Waals surface area contributed by atoms with E-state index in [-0.39, 0.29) is 18.0 Å². The second-order valence-corrected chi connectivity index (χ2v) is 3.01. The van der Waals surface area contributed by atoms with Crippen molar-refractivity contribution in [3.63, 3.8) is 0 Å². The van der Waals surface area contributed by atoms with Crippen LogP contribution in [0.15, 0.2) is 0 Å². The van der Waals surface area contributed by atoms with Crippen molar-refractivity contribution in [2.24, 2.45) is 0 Å². The molecule has 2 saturated heterocycles. The van der Waals surface area contributed by atoms with Crippen molar-refractivity contribution in [3.05, 3.63) is 0 Å². The van der Waals surface area contributed by atoms with E-state index in [2.05, 4.69) is 10.1 Å². The first-order valence-corrected chi connectivity index (χ1v) is 3.89. The van der Waals surface area contributed by atoms with Crippen LogP contribution in [0.4, 0.5) is 4.79 Å². The zero-order chi connectivity index (χ0) is 8.72. The van der Waals surface area contributed by atoms with Gasteiger partial charge in [-0.05, 0) is 6.42 Å². The lowest BCUT2D eigenvalue weighted by Crippen LogP contribution is -2.64. The zero-order valence-corrected chi connectivity index (χ0v) is 6.74. The van der Waals surface area contributed by atoms with Crippen LogP contribution in [0.5, 0.6) is 0 Å². The fraction of sp³-hybridized carbons (Fsp3) is 0.714. The van der Waals surface area contributed by atoms with E-state index >= 15 is 0 Å². The van der Waals surface area contributed by atoms with Crippen LogP contribution in [0.1, 0.15) is 6.42 Å². The van der Waals surface area contributed by atoms with Gasteiger partial charge in [-0.15, -0.1) is 0 Å². The van der Waals surface area contributed by atoms with E-state index in [1.165, 1.54) is 12.0 Å². The summed E-state index contributed by atoms with van der Waals surface area (Å²) in [5.74, 6) is -0.0668. The van der Waals surface area contributed by atoms with Gasteiger partial charge in [-0.2, -0.15) is 0 Å². The summed E-state index contributed by atoms with van der Waals surface area (Å²) in [4.78, 5) is 23.5. The van der Waals surface area contributed by atoms with Crippen LogP contribution in [-0.4, -0.2) is 42.6 Å². The number of rotatable bonds is 0. The van der Waals surface area contributed by atoms with Crippen molar-refractivity contribution in [2.75, 3.05) is 13.7 Å². The fourth-order valence-electron chi connectivity index (χ4n) is 1.76. The number of methoxy groups -OCH3 is 1. The van der Waals surface area contributed by atoms with Gasteiger partial charge in [0.2, 0.25) is 5.91 Å². The van der Waals surface area contributed by atoms with E-state index < -0.39 is 6.09 Å². The molecule has 1 N–H and O–H groups in total. The summed E-state index contributed by atoms with van der Waals surface area (Å²) in [6.07, 6.45) is 0.434. The Hall–Kier alpha value is -1.26. The van der Waals surface area contributed by atoms with Crippen molar-refractivity contribution < 1.29 is 14.3 Å². The minimum Gasteiger partial charge on any atom is -0.453 e. The number of hydrogen-bond donors (Lipinski definition) is 1. The number of nitrogens with zero attached hydrogens (tertiary/aromatic N) is 1. The van der Waals surface area contributed by atoms with Crippen LogP contribution in [0.25, 0.3) is 0 Å². The minimum absolute atomic E-state index is 0.0668. The first-order valence-electron chi connectivity index (χ1n) is 3.89. The molecule has 5 heteroatoms. The molecule has 0 aromatic rings. The van der Waals surface area contributed by atoms with Gasteiger partial charge in [0, 0.05) is 6.54 Å². The van der Waals surface area contributed by atoms with Gasteiger partial charge in [-0.3, -0.25) is 9.69 Å². The van der Waals surface area contributed by atoms with Crippen molar-refractivity contribution in [1.29, 1.82) is 0 Å². The Kier molecular flexibility index (Phi) is 1.46. The molecule has 5 nitrogen and oxygen atoms in total. The molecule has 2 aliphatic heterocycles. The average molecular weight is 170 g/mol. The number of fused-ring (bicyclic) bond motifs is 1. The first-order chi connectivity index (χ1) is 5.74. The van der Waals surface area contributed by atoms with E-state index in [0.717, 1.165) is 6.42 Å². The largest absolute Gasteiger partial charge is 0.453 e. The van der Waals surface area contributed by atoms with E-state index in [9.17, 15) is 9.59 Å². The molecule has 0 saturated carbocycles. The zero-order valence-electron chi connectivity index (χ0n) is 6.74. The number of carbonyl (C=O) groups is 2. The molecule has 2 unspecified atom stereocenters. The fourth-order valence-corrected chi connectivity index (χ4v) is 1.76. The van der Waals surface area contributed by atoms with Gasteiger partial charge >= 0.3 is 6.09 Å². The number of β-lactam (4-membered cyclic amide) rings is 1. The second-order valence-electron chi connectivity index (χ2n) is 3.01. The van der Waals surface area contributed by atoms with Gasteiger partial charge in [0.05, 0.1) is 13.2 Å². The molecule has 2 aliphatic rings. The molecule has 2 amide bonds. The Morgan fingerprint density at radius 3 is 3.08 bits per heavy atom. The van der Waals surface area contributed by atoms with Gasteiger partial charge in [-0.25, -0.2) is 4.79 Å². The maximum absolute atomic E-state index is 11.1. The van der Waals surface area contributed by atoms with E-state index in [0.29, 0.717) is 6.54 Å². The third kappa shape index (κ3) is 0.790. The molecule has 2 rings (SSSR count).